The molecule has 3 unspecified atom stereocenters. The molecule has 0 bridgehead atoms. The van der Waals surface area contributed by atoms with Crippen molar-refractivity contribution >= 4 is 21.8 Å². The van der Waals surface area contributed by atoms with E-state index in [-0.39, 0.29) is 10.9 Å². The van der Waals surface area contributed by atoms with Crippen molar-refractivity contribution < 1.29 is 13.5 Å². The van der Waals surface area contributed by atoms with Gasteiger partial charge in [0.25, 0.3) is 0 Å². The molecule has 0 aliphatic heterocycles. The first-order valence-corrected chi connectivity index (χ1v) is 10.0. The second-order valence-corrected chi connectivity index (χ2v) is 8.44. The average Bonchev–Trinajstić information content (AvgIpc) is 2.47. The Morgan fingerprint density at radius 2 is 2.14 bits per heavy atom. The van der Waals surface area contributed by atoms with Gasteiger partial charge in [0.2, 0.25) is 10.0 Å². The summed E-state index contributed by atoms with van der Waals surface area (Å²) < 4.78 is 27.8. The first kappa shape index (κ1) is 16.8. The van der Waals surface area contributed by atoms with E-state index >= 15 is 0 Å². The molecular weight excluding hydrogens is 306 g/mol. The minimum atomic E-state index is -3.52. The number of aliphatic hydroxyl groups excluding tert-OH is 1. The second-order valence-electron chi connectivity index (χ2n) is 5.59. The van der Waals surface area contributed by atoms with E-state index in [0.717, 1.165) is 25.7 Å². The Labute approximate surface area is 131 Å². The Balaban J connectivity index is 2.13. The Kier molecular flexibility index (Phi) is 5.71. The third kappa shape index (κ3) is 4.45. The van der Waals surface area contributed by atoms with E-state index in [9.17, 15) is 13.5 Å². The van der Waals surface area contributed by atoms with E-state index in [0.29, 0.717) is 10.8 Å². The van der Waals surface area contributed by atoms with Crippen molar-refractivity contribution in [1.82, 2.24) is 4.72 Å². The van der Waals surface area contributed by atoms with Crippen molar-refractivity contribution in [1.29, 1.82) is 0 Å². The van der Waals surface area contributed by atoms with Crippen LogP contribution >= 0.6 is 11.8 Å². The van der Waals surface area contributed by atoms with Gasteiger partial charge in [-0.1, -0.05) is 18.6 Å². The molecule has 0 spiro atoms. The maximum Gasteiger partial charge on any atom is 0.240 e. The van der Waals surface area contributed by atoms with E-state index in [4.69, 9.17) is 0 Å². The van der Waals surface area contributed by atoms with Crippen LogP contribution in [0.3, 0.4) is 0 Å². The van der Waals surface area contributed by atoms with Crippen molar-refractivity contribution in [2.45, 2.75) is 54.9 Å². The van der Waals surface area contributed by atoms with Gasteiger partial charge < -0.3 is 5.11 Å². The smallest absolute Gasteiger partial charge is 0.240 e. The quantitative estimate of drug-likeness (QED) is 0.871. The van der Waals surface area contributed by atoms with Crippen molar-refractivity contribution in [3.8, 4) is 0 Å². The van der Waals surface area contributed by atoms with E-state index in [1.807, 2.05) is 11.8 Å². The van der Waals surface area contributed by atoms with E-state index < -0.39 is 16.1 Å². The average molecular weight is 329 g/mol. The number of hydrogen-bond donors (Lipinski definition) is 2. The lowest BCUT2D eigenvalue weighted by Gasteiger charge is -2.28. The summed E-state index contributed by atoms with van der Waals surface area (Å²) >= 11 is 1.81. The Morgan fingerprint density at radius 3 is 2.81 bits per heavy atom. The Hall–Kier alpha value is -0.560. The van der Waals surface area contributed by atoms with Gasteiger partial charge in [0.1, 0.15) is 0 Å². The molecule has 3 atom stereocenters. The highest BCUT2D eigenvalue weighted by molar-refractivity contribution is 7.99. The van der Waals surface area contributed by atoms with Gasteiger partial charge in [-0.25, -0.2) is 13.1 Å². The fraction of sp³-hybridized carbons (Fsp3) is 0.600. The van der Waals surface area contributed by atoms with Crippen molar-refractivity contribution in [3.63, 3.8) is 0 Å². The largest absolute Gasteiger partial charge is 0.389 e. The second kappa shape index (κ2) is 7.13. The zero-order valence-corrected chi connectivity index (χ0v) is 14.1. The summed E-state index contributed by atoms with van der Waals surface area (Å²) in [5.74, 6) is 0. The lowest BCUT2D eigenvalue weighted by atomic mass is 9.96. The van der Waals surface area contributed by atoms with Crippen molar-refractivity contribution in [2.24, 2.45) is 0 Å². The Morgan fingerprint density at radius 1 is 1.38 bits per heavy atom. The van der Waals surface area contributed by atoms with Gasteiger partial charge in [-0.05, 0) is 50.1 Å². The number of hydrogen-bond acceptors (Lipinski definition) is 4. The molecule has 1 aliphatic carbocycles. The van der Waals surface area contributed by atoms with Crippen LogP contribution in [-0.2, 0) is 10.0 Å². The normalized spacial score (nSPS) is 24.7. The molecule has 0 amide bonds. The Bertz CT molecular complexity index is 572. The maximum atomic E-state index is 12.5. The van der Waals surface area contributed by atoms with Crippen LogP contribution in [-0.4, -0.2) is 31.1 Å². The molecule has 6 heteroatoms. The van der Waals surface area contributed by atoms with Gasteiger partial charge in [0.15, 0.2) is 0 Å². The number of sulfonamides is 1. The van der Waals surface area contributed by atoms with Crippen LogP contribution in [0, 0.1) is 0 Å². The number of rotatable bonds is 5. The molecule has 0 heterocycles. The zero-order valence-electron chi connectivity index (χ0n) is 12.5. The SMILES string of the molecule is CSC1CCCC(NS(=O)(=O)c2cccc(C(C)O)c2)C1. The molecule has 1 aromatic carbocycles. The van der Waals surface area contributed by atoms with Gasteiger partial charge in [-0.15, -0.1) is 0 Å². The highest BCUT2D eigenvalue weighted by Crippen LogP contribution is 2.28. The zero-order chi connectivity index (χ0) is 15.5. The van der Waals surface area contributed by atoms with Crippen LogP contribution in [0.4, 0.5) is 0 Å². The summed E-state index contributed by atoms with van der Waals surface area (Å²) in [6, 6.07) is 6.53. The molecule has 1 fully saturated rings. The molecule has 4 nitrogen and oxygen atoms in total. The van der Waals surface area contributed by atoms with Crippen molar-refractivity contribution in [3.05, 3.63) is 29.8 Å². The summed E-state index contributed by atoms with van der Waals surface area (Å²) in [4.78, 5) is 0.229. The highest BCUT2D eigenvalue weighted by Gasteiger charge is 2.26. The fourth-order valence-corrected chi connectivity index (χ4v) is 4.86. The summed E-state index contributed by atoms with van der Waals surface area (Å²) in [6.45, 7) is 1.63. The standard InChI is InChI=1S/C15H23NO3S2/c1-11(17)12-5-3-8-15(9-12)21(18,19)16-13-6-4-7-14(10-13)20-2/h3,5,8-9,11,13-14,16-17H,4,6-7,10H2,1-2H3. The molecule has 1 aromatic rings. The number of nitrogens with one attached hydrogen (secondary N) is 1. The van der Waals surface area contributed by atoms with Crippen LogP contribution in [0.25, 0.3) is 0 Å². The summed E-state index contributed by atoms with van der Waals surface area (Å²) in [5, 5.41) is 10.1. The summed E-state index contributed by atoms with van der Waals surface area (Å²) in [7, 11) is -3.52. The molecule has 2 N–H and O–H groups in total. The predicted molar refractivity (Wildman–Crippen MR) is 87.0 cm³/mol. The molecule has 118 valence electrons. The fourth-order valence-electron chi connectivity index (χ4n) is 2.70. The first-order chi connectivity index (χ1) is 9.92. The summed E-state index contributed by atoms with van der Waals surface area (Å²) in [5.41, 5.74) is 0.614. The minimum absolute atomic E-state index is 0.0106. The topological polar surface area (TPSA) is 66.4 Å². The number of benzene rings is 1. The molecule has 21 heavy (non-hydrogen) atoms. The predicted octanol–water partition coefficient (Wildman–Crippen LogP) is 2.69. The molecule has 0 aromatic heterocycles. The maximum absolute atomic E-state index is 12.5. The molecular formula is C15H23NO3S2. The summed E-state index contributed by atoms with van der Waals surface area (Å²) in [6.07, 6.45) is 5.41. The van der Waals surface area contributed by atoms with Gasteiger partial charge in [-0.3, -0.25) is 0 Å². The minimum Gasteiger partial charge on any atom is -0.389 e. The van der Waals surface area contributed by atoms with Crippen LogP contribution in [0.2, 0.25) is 0 Å². The lowest BCUT2D eigenvalue weighted by Crippen LogP contribution is -2.39. The van der Waals surface area contributed by atoms with Crippen LogP contribution in [0.5, 0.6) is 0 Å². The van der Waals surface area contributed by atoms with Crippen LogP contribution in [0.15, 0.2) is 29.2 Å². The number of thioether (sulfide) groups is 1. The third-order valence-electron chi connectivity index (χ3n) is 3.93. The molecule has 1 aliphatic rings. The monoisotopic (exact) mass is 329 g/mol. The van der Waals surface area contributed by atoms with Crippen molar-refractivity contribution in [2.75, 3.05) is 6.26 Å². The van der Waals surface area contributed by atoms with Gasteiger partial charge in [0, 0.05) is 11.3 Å². The molecule has 0 radical (unpaired) electrons. The van der Waals surface area contributed by atoms with E-state index in [2.05, 4.69) is 11.0 Å². The number of aliphatic hydroxyl groups is 1. The molecule has 0 saturated heterocycles. The van der Waals surface area contributed by atoms with E-state index in [1.54, 1.807) is 31.2 Å². The van der Waals surface area contributed by atoms with Crippen LogP contribution < -0.4 is 4.72 Å². The first-order valence-electron chi connectivity index (χ1n) is 7.25. The third-order valence-corrected chi connectivity index (χ3v) is 6.55. The molecule has 1 saturated carbocycles. The van der Waals surface area contributed by atoms with Gasteiger partial charge in [0.05, 0.1) is 11.0 Å². The lowest BCUT2D eigenvalue weighted by molar-refractivity contribution is 0.199. The van der Waals surface area contributed by atoms with Gasteiger partial charge in [-0.2, -0.15) is 11.8 Å². The van der Waals surface area contributed by atoms with Gasteiger partial charge >= 0.3 is 0 Å². The van der Waals surface area contributed by atoms with Crippen LogP contribution in [0.1, 0.15) is 44.3 Å². The highest BCUT2D eigenvalue weighted by atomic mass is 32.2. The van der Waals surface area contributed by atoms with E-state index in [1.165, 1.54) is 0 Å². The molecule has 2 rings (SSSR count).